The lowest BCUT2D eigenvalue weighted by Crippen LogP contribution is -2.00. The van der Waals surface area contributed by atoms with E-state index in [2.05, 4.69) is 10.8 Å². The second kappa shape index (κ2) is 8.08. The van der Waals surface area contributed by atoms with Gasteiger partial charge in [0.25, 0.3) is 0 Å². The molecule has 3 nitrogen and oxygen atoms in total. The van der Waals surface area contributed by atoms with Crippen LogP contribution in [0.4, 0.5) is 0 Å². The second-order valence-corrected chi connectivity index (χ2v) is 5.54. The summed E-state index contributed by atoms with van der Waals surface area (Å²) in [6.07, 6.45) is 3.94. The molecule has 116 valence electrons. The van der Waals surface area contributed by atoms with Crippen LogP contribution in [0.3, 0.4) is 0 Å². The van der Waals surface area contributed by atoms with Crippen LogP contribution >= 0.6 is 11.6 Å². The van der Waals surface area contributed by atoms with Crippen LogP contribution in [0.15, 0.2) is 17.7 Å². The number of benzene rings is 1. The van der Waals surface area contributed by atoms with E-state index in [1.54, 1.807) is 7.11 Å². The highest BCUT2D eigenvalue weighted by molar-refractivity contribution is 6.31. The molecule has 1 rings (SSSR count). The Morgan fingerprint density at radius 3 is 2.48 bits per heavy atom. The number of carbonyl (C=O) groups is 1. The molecule has 0 heterocycles. The summed E-state index contributed by atoms with van der Waals surface area (Å²) in [6, 6.07) is 1.95. The Labute approximate surface area is 131 Å². The predicted octanol–water partition coefficient (Wildman–Crippen LogP) is 4.41. The van der Waals surface area contributed by atoms with E-state index in [4.69, 9.17) is 16.3 Å². The molecule has 0 saturated carbocycles. The molecule has 1 aromatic carbocycles. The minimum atomic E-state index is -0.186. The third kappa shape index (κ3) is 4.78. The van der Waals surface area contributed by atoms with Crippen molar-refractivity contribution in [2.75, 3.05) is 14.2 Å². The van der Waals surface area contributed by atoms with Crippen LogP contribution in [0.25, 0.3) is 0 Å². The van der Waals surface area contributed by atoms with Crippen LogP contribution in [-0.4, -0.2) is 20.2 Å². The van der Waals surface area contributed by atoms with Crippen LogP contribution in [0.1, 0.15) is 36.5 Å². The maximum absolute atomic E-state index is 11.1. The van der Waals surface area contributed by atoms with E-state index in [9.17, 15) is 4.79 Å². The first-order valence-electron chi connectivity index (χ1n) is 6.95. The van der Waals surface area contributed by atoms with Gasteiger partial charge in [-0.1, -0.05) is 23.3 Å². The van der Waals surface area contributed by atoms with Gasteiger partial charge in [0.1, 0.15) is 5.75 Å². The van der Waals surface area contributed by atoms with Crippen molar-refractivity contribution in [3.05, 3.63) is 39.4 Å². The smallest absolute Gasteiger partial charge is 0.305 e. The first-order valence-corrected chi connectivity index (χ1v) is 7.33. The molecule has 0 spiro atoms. The van der Waals surface area contributed by atoms with Gasteiger partial charge in [0.05, 0.1) is 14.2 Å². The molecule has 0 unspecified atom stereocenters. The fourth-order valence-electron chi connectivity index (χ4n) is 2.14. The number of halogens is 1. The van der Waals surface area contributed by atoms with Gasteiger partial charge in [-0.15, -0.1) is 0 Å². The molecule has 1 aromatic rings. The number of ether oxygens (including phenoxy) is 2. The molecule has 0 aliphatic heterocycles. The summed E-state index contributed by atoms with van der Waals surface area (Å²) in [5.41, 5.74) is 4.32. The molecule has 21 heavy (non-hydrogen) atoms. The molecule has 0 radical (unpaired) electrons. The Kier molecular flexibility index (Phi) is 6.76. The van der Waals surface area contributed by atoms with Crippen molar-refractivity contribution in [1.29, 1.82) is 0 Å². The van der Waals surface area contributed by atoms with Crippen molar-refractivity contribution in [3.63, 3.8) is 0 Å². The SMILES string of the molecule is COC(=O)CC/C(C)=C/Cc1cc(Cl)c(C)c(C)c1OC. The molecule has 0 saturated heterocycles. The molecule has 0 aliphatic rings. The number of allylic oxidation sites excluding steroid dienone is 2. The van der Waals surface area contributed by atoms with E-state index in [0.717, 1.165) is 39.5 Å². The summed E-state index contributed by atoms with van der Waals surface area (Å²) < 4.78 is 10.1. The van der Waals surface area contributed by atoms with Gasteiger partial charge in [0.15, 0.2) is 0 Å². The molecule has 0 amide bonds. The molecule has 0 N–H and O–H groups in total. The number of rotatable bonds is 6. The molecular formula is C17H23ClO3. The van der Waals surface area contributed by atoms with Crippen LogP contribution in [0, 0.1) is 13.8 Å². The van der Waals surface area contributed by atoms with Gasteiger partial charge >= 0.3 is 5.97 Å². The fraction of sp³-hybridized carbons (Fsp3) is 0.471. The lowest BCUT2D eigenvalue weighted by Gasteiger charge is -2.14. The van der Waals surface area contributed by atoms with E-state index in [1.807, 2.05) is 26.8 Å². The topological polar surface area (TPSA) is 35.5 Å². The van der Waals surface area contributed by atoms with Crippen molar-refractivity contribution >= 4 is 17.6 Å². The normalized spacial score (nSPS) is 11.4. The summed E-state index contributed by atoms with van der Waals surface area (Å²) in [5.74, 6) is 0.698. The third-order valence-electron chi connectivity index (χ3n) is 3.68. The third-order valence-corrected chi connectivity index (χ3v) is 4.07. The van der Waals surface area contributed by atoms with Crippen LogP contribution < -0.4 is 4.74 Å². The highest BCUT2D eigenvalue weighted by atomic mass is 35.5. The van der Waals surface area contributed by atoms with Crippen LogP contribution in [0.5, 0.6) is 5.75 Å². The van der Waals surface area contributed by atoms with Crippen molar-refractivity contribution in [2.45, 2.75) is 40.0 Å². The highest BCUT2D eigenvalue weighted by Crippen LogP contribution is 2.32. The van der Waals surface area contributed by atoms with Gasteiger partial charge in [-0.25, -0.2) is 0 Å². The summed E-state index contributed by atoms with van der Waals surface area (Å²) in [4.78, 5) is 11.1. The van der Waals surface area contributed by atoms with E-state index in [0.29, 0.717) is 12.8 Å². The number of hydrogen-bond acceptors (Lipinski definition) is 3. The number of esters is 1. The lowest BCUT2D eigenvalue weighted by molar-refractivity contribution is -0.140. The monoisotopic (exact) mass is 310 g/mol. The van der Waals surface area contributed by atoms with Gasteiger partial charge in [-0.05, 0) is 56.4 Å². The zero-order valence-corrected chi connectivity index (χ0v) is 14.1. The van der Waals surface area contributed by atoms with Crippen molar-refractivity contribution in [2.24, 2.45) is 0 Å². The van der Waals surface area contributed by atoms with Gasteiger partial charge in [-0.2, -0.15) is 0 Å². The zero-order chi connectivity index (χ0) is 16.0. The summed E-state index contributed by atoms with van der Waals surface area (Å²) in [6.45, 7) is 6.01. The van der Waals surface area contributed by atoms with Gasteiger partial charge in [0, 0.05) is 11.4 Å². The minimum absolute atomic E-state index is 0.186. The number of carbonyl (C=O) groups excluding carboxylic acids is 1. The number of hydrogen-bond donors (Lipinski definition) is 0. The Morgan fingerprint density at radius 1 is 1.24 bits per heavy atom. The average molecular weight is 311 g/mol. The quantitative estimate of drug-likeness (QED) is 0.577. The fourth-order valence-corrected chi connectivity index (χ4v) is 2.41. The van der Waals surface area contributed by atoms with E-state index < -0.39 is 0 Å². The maximum atomic E-state index is 11.1. The Hall–Kier alpha value is -1.48. The van der Waals surface area contributed by atoms with Crippen molar-refractivity contribution < 1.29 is 14.3 Å². The van der Waals surface area contributed by atoms with Crippen LogP contribution in [0.2, 0.25) is 5.02 Å². The first-order chi connectivity index (χ1) is 9.90. The summed E-state index contributed by atoms with van der Waals surface area (Å²) in [5, 5.41) is 0.754. The summed E-state index contributed by atoms with van der Waals surface area (Å²) >= 11 is 6.25. The molecule has 0 aliphatic carbocycles. The zero-order valence-electron chi connectivity index (χ0n) is 13.4. The van der Waals surface area contributed by atoms with E-state index in [-0.39, 0.29) is 5.97 Å². The highest BCUT2D eigenvalue weighted by Gasteiger charge is 2.11. The molecular weight excluding hydrogens is 288 g/mol. The largest absolute Gasteiger partial charge is 0.496 e. The standard InChI is InChI=1S/C17H23ClO3/c1-11(7-9-16(19)20-4)6-8-14-10-15(18)12(2)13(3)17(14)21-5/h6,10H,7-9H2,1-5H3/b11-6+. The maximum Gasteiger partial charge on any atom is 0.305 e. The van der Waals surface area contributed by atoms with E-state index in [1.165, 1.54) is 7.11 Å². The molecule has 0 atom stereocenters. The van der Waals surface area contributed by atoms with Crippen molar-refractivity contribution in [3.8, 4) is 5.75 Å². The molecule has 0 aromatic heterocycles. The van der Waals surface area contributed by atoms with Gasteiger partial charge < -0.3 is 9.47 Å². The van der Waals surface area contributed by atoms with Gasteiger partial charge in [0.2, 0.25) is 0 Å². The van der Waals surface area contributed by atoms with Crippen molar-refractivity contribution in [1.82, 2.24) is 0 Å². The lowest BCUT2D eigenvalue weighted by atomic mass is 10.0. The number of methoxy groups -OCH3 is 2. The average Bonchev–Trinajstić information content (AvgIpc) is 2.48. The Bertz CT molecular complexity index is 547. The minimum Gasteiger partial charge on any atom is -0.496 e. The van der Waals surface area contributed by atoms with Gasteiger partial charge in [-0.3, -0.25) is 4.79 Å². The Morgan fingerprint density at radius 2 is 1.90 bits per heavy atom. The molecule has 0 bridgehead atoms. The van der Waals surface area contributed by atoms with E-state index >= 15 is 0 Å². The predicted molar refractivity (Wildman–Crippen MR) is 86.2 cm³/mol. The molecule has 0 fully saturated rings. The van der Waals surface area contributed by atoms with Crippen LogP contribution in [-0.2, 0) is 16.0 Å². The molecule has 4 heteroatoms. The second-order valence-electron chi connectivity index (χ2n) is 5.13. The summed E-state index contributed by atoms with van der Waals surface area (Å²) in [7, 11) is 3.08. The Balaban J connectivity index is 2.86. The first kappa shape index (κ1) is 17.6.